The van der Waals surface area contributed by atoms with Crippen LogP contribution in [0.1, 0.15) is 31.2 Å². The summed E-state index contributed by atoms with van der Waals surface area (Å²) in [5, 5.41) is 0. The number of carbonyl (C=O) groups is 1. The number of amides is 1. The molecule has 3 rings (SSSR count). The van der Waals surface area contributed by atoms with Gasteiger partial charge in [0.15, 0.2) is 0 Å². The first-order chi connectivity index (χ1) is 11.3. The van der Waals surface area contributed by atoms with Crippen LogP contribution < -0.4 is 0 Å². The lowest BCUT2D eigenvalue weighted by molar-refractivity contribution is -0.131. The average Bonchev–Trinajstić information content (AvgIpc) is 3.00. The van der Waals surface area contributed by atoms with E-state index in [2.05, 4.69) is 45.8 Å². The van der Waals surface area contributed by atoms with E-state index >= 15 is 0 Å². The first-order valence-electron chi connectivity index (χ1n) is 8.96. The lowest BCUT2D eigenvalue weighted by atomic mass is 10.1. The van der Waals surface area contributed by atoms with Crippen molar-refractivity contribution in [3.63, 3.8) is 0 Å². The fourth-order valence-corrected chi connectivity index (χ4v) is 4.86. The smallest absolute Gasteiger partial charge is 0.222 e. The van der Waals surface area contributed by atoms with E-state index in [0.29, 0.717) is 12.3 Å². The summed E-state index contributed by atoms with van der Waals surface area (Å²) in [6.45, 7) is 4.10. The Labute approximate surface area is 144 Å². The minimum atomic E-state index is 0.351. The second-order valence-electron chi connectivity index (χ2n) is 6.63. The van der Waals surface area contributed by atoms with Crippen molar-refractivity contribution >= 4 is 17.7 Å². The average molecular weight is 333 g/mol. The van der Waals surface area contributed by atoms with Gasteiger partial charge in [-0.3, -0.25) is 9.69 Å². The molecule has 2 heterocycles. The van der Waals surface area contributed by atoms with Crippen LogP contribution >= 0.6 is 11.8 Å². The predicted molar refractivity (Wildman–Crippen MR) is 97.9 cm³/mol. The summed E-state index contributed by atoms with van der Waals surface area (Å²) in [4.78, 5) is 17.2. The Hall–Kier alpha value is -1.00. The highest BCUT2D eigenvalue weighted by atomic mass is 32.2. The van der Waals surface area contributed by atoms with Crippen LogP contribution in [0.3, 0.4) is 0 Å². The molecule has 0 N–H and O–H groups in total. The molecule has 0 aliphatic carbocycles. The molecular formula is C19H28N2OS. The monoisotopic (exact) mass is 332 g/mol. The fraction of sp³-hybridized carbons (Fsp3) is 0.632. The zero-order valence-electron chi connectivity index (χ0n) is 14.0. The summed E-state index contributed by atoms with van der Waals surface area (Å²) >= 11 is 2.08. The molecule has 0 spiro atoms. The van der Waals surface area contributed by atoms with Crippen molar-refractivity contribution in [1.82, 2.24) is 9.80 Å². The number of nitrogens with zero attached hydrogens (tertiary/aromatic N) is 2. The Balaban J connectivity index is 1.41. The molecule has 0 radical (unpaired) electrons. The molecule has 23 heavy (non-hydrogen) atoms. The summed E-state index contributed by atoms with van der Waals surface area (Å²) in [5.74, 6) is 2.94. The maximum Gasteiger partial charge on any atom is 0.222 e. The van der Waals surface area contributed by atoms with Gasteiger partial charge in [0.1, 0.15) is 0 Å². The third kappa shape index (κ3) is 4.98. The van der Waals surface area contributed by atoms with Gasteiger partial charge in [0, 0.05) is 44.4 Å². The van der Waals surface area contributed by atoms with Gasteiger partial charge in [-0.1, -0.05) is 30.3 Å². The highest BCUT2D eigenvalue weighted by molar-refractivity contribution is 7.99. The highest BCUT2D eigenvalue weighted by Gasteiger charge is 2.26. The molecule has 2 fully saturated rings. The number of aryl methyl sites for hydroxylation is 1. The molecule has 1 aromatic carbocycles. The minimum absolute atomic E-state index is 0.351. The van der Waals surface area contributed by atoms with Crippen LogP contribution in [0.4, 0.5) is 0 Å². The van der Waals surface area contributed by atoms with Crippen molar-refractivity contribution in [2.24, 2.45) is 0 Å². The number of hydrogen-bond donors (Lipinski definition) is 0. The van der Waals surface area contributed by atoms with Gasteiger partial charge in [0.2, 0.25) is 5.91 Å². The summed E-state index contributed by atoms with van der Waals surface area (Å²) in [6, 6.07) is 11.2. The lowest BCUT2D eigenvalue weighted by Gasteiger charge is -2.26. The van der Waals surface area contributed by atoms with Crippen molar-refractivity contribution in [3.05, 3.63) is 35.9 Å². The van der Waals surface area contributed by atoms with Gasteiger partial charge < -0.3 is 4.90 Å². The lowest BCUT2D eigenvalue weighted by Crippen LogP contribution is -2.39. The second kappa shape index (κ2) is 8.74. The summed E-state index contributed by atoms with van der Waals surface area (Å²) in [6.07, 6.45) is 5.11. The van der Waals surface area contributed by atoms with Gasteiger partial charge in [-0.2, -0.15) is 11.8 Å². The van der Waals surface area contributed by atoms with E-state index in [1.54, 1.807) is 0 Å². The van der Waals surface area contributed by atoms with E-state index < -0.39 is 0 Å². The van der Waals surface area contributed by atoms with Gasteiger partial charge >= 0.3 is 0 Å². The standard InChI is InChI=1S/C19H28N2OS/c22-19(9-4-8-17-6-2-1-3-7-17)21-12-5-11-20(13-14-21)18-10-15-23-16-18/h1-3,6-7,18H,4-5,8-16H2. The fourth-order valence-electron chi connectivity index (χ4n) is 3.61. The number of benzene rings is 1. The maximum atomic E-state index is 12.5. The Morgan fingerprint density at radius 3 is 2.78 bits per heavy atom. The summed E-state index contributed by atoms with van der Waals surface area (Å²) in [5.41, 5.74) is 1.33. The van der Waals surface area contributed by atoms with Gasteiger partial charge in [-0.05, 0) is 37.0 Å². The number of thioether (sulfide) groups is 1. The van der Waals surface area contributed by atoms with Crippen molar-refractivity contribution in [2.45, 2.75) is 38.1 Å². The largest absolute Gasteiger partial charge is 0.341 e. The molecular weight excluding hydrogens is 304 g/mol. The number of carbonyl (C=O) groups excluding carboxylic acids is 1. The first-order valence-corrected chi connectivity index (χ1v) is 10.1. The van der Waals surface area contributed by atoms with E-state index in [1.807, 2.05) is 6.07 Å². The molecule has 1 amide bonds. The van der Waals surface area contributed by atoms with Crippen LogP contribution in [0.5, 0.6) is 0 Å². The van der Waals surface area contributed by atoms with Gasteiger partial charge in [0.05, 0.1) is 0 Å². The van der Waals surface area contributed by atoms with Crippen molar-refractivity contribution in [2.75, 3.05) is 37.7 Å². The van der Waals surface area contributed by atoms with Crippen molar-refractivity contribution in [3.8, 4) is 0 Å². The predicted octanol–water partition coefficient (Wildman–Crippen LogP) is 3.05. The Kier molecular flexibility index (Phi) is 6.40. The van der Waals surface area contributed by atoms with Crippen molar-refractivity contribution < 1.29 is 4.79 Å². The quantitative estimate of drug-likeness (QED) is 0.828. The summed E-state index contributed by atoms with van der Waals surface area (Å²) < 4.78 is 0. The van der Waals surface area contributed by atoms with Crippen LogP contribution in [0.15, 0.2) is 30.3 Å². The molecule has 0 saturated carbocycles. The van der Waals surface area contributed by atoms with E-state index in [1.165, 1.54) is 30.0 Å². The first kappa shape index (κ1) is 16.8. The second-order valence-corrected chi connectivity index (χ2v) is 7.78. The third-order valence-corrected chi connectivity index (χ3v) is 6.15. The van der Waals surface area contributed by atoms with Crippen LogP contribution in [0.2, 0.25) is 0 Å². The van der Waals surface area contributed by atoms with E-state index in [4.69, 9.17) is 0 Å². The van der Waals surface area contributed by atoms with Gasteiger partial charge in [-0.25, -0.2) is 0 Å². The van der Waals surface area contributed by atoms with Crippen LogP contribution in [0.25, 0.3) is 0 Å². The molecule has 2 saturated heterocycles. The van der Waals surface area contributed by atoms with Crippen molar-refractivity contribution in [1.29, 1.82) is 0 Å². The third-order valence-electron chi connectivity index (χ3n) is 5.00. The molecule has 1 atom stereocenters. The van der Waals surface area contributed by atoms with Crippen LogP contribution in [-0.2, 0) is 11.2 Å². The molecule has 4 heteroatoms. The Morgan fingerprint density at radius 2 is 2.00 bits per heavy atom. The molecule has 1 aromatic rings. The zero-order chi connectivity index (χ0) is 15.9. The highest BCUT2D eigenvalue weighted by Crippen LogP contribution is 2.23. The summed E-state index contributed by atoms with van der Waals surface area (Å²) in [7, 11) is 0. The molecule has 2 aliphatic heterocycles. The van der Waals surface area contributed by atoms with E-state index in [0.717, 1.165) is 44.9 Å². The van der Waals surface area contributed by atoms with Gasteiger partial charge in [0.25, 0.3) is 0 Å². The maximum absolute atomic E-state index is 12.5. The van der Waals surface area contributed by atoms with Crippen LogP contribution in [-0.4, -0.2) is 59.4 Å². The molecule has 0 aromatic heterocycles. The molecule has 2 aliphatic rings. The molecule has 126 valence electrons. The minimum Gasteiger partial charge on any atom is -0.341 e. The number of rotatable bonds is 5. The topological polar surface area (TPSA) is 23.6 Å². The Morgan fingerprint density at radius 1 is 1.13 bits per heavy atom. The zero-order valence-corrected chi connectivity index (χ0v) is 14.8. The SMILES string of the molecule is O=C(CCCc1ccccc1)N1CCCN(C2CCSC2)CC1. The molecule has 3 nitrogen and oxygen atoms in total. The van der Waals surface area contributed by atoms with E-state index in [-0.39, 0.29) is 0 Å². The molecule has 0 bridgehead atoms. The van der Waals surface area contributed by atoms with Crippen LogP contribution in [0, 0.1) is 0 Å². The Bertz CT molecular complexity index is 487. The normalized spacial score (nSPS) is 23.0. The van der Waals surface area contributed by atoms with E-state index in [9.17, 15) is 4.79 Å². The molecule has 1 unspecified atom stereocenters. The van der Waals surface area contributed by atoms with Gasteiger partial charge in [-0.15, -0.1) is 0 Å². The number of hydrogen-bond acceptors (Lipinski definition) is 3.